The molecule has 8 rings (SSSR count). The molecule has 244 valence electrons. The molecule has 0 saturated heterocycles. The van der Waals surface area contributed by atoms with Gasteiger partial charge in [0.05, 0.1) is 18.5 Å². The lowest BCUT2D eigenvalue weighted by Gasteiger charge is -2.18. The molecule has 3 nitrogen and oxygen atoms in total. The predicted molar refractivity (Wildman–Crippen MR) is 211 cm³/mol. The van der Waals surface area contributed by atoms with Gasteiger partial charge >= 0.3 is 0 Å². The average molecular weight is 657 g/mol. The fourth-order valence-electron chi connectivity index (χ4n) is 6.77. The van der Waals surface area contributed by atoms with E-state index in [0.29, 0.717) is 0 Å². The van der Waals surface area contributed by atoms with Crippen molar-refractivity contribution in [2.75, 3.05) is 7.11 Å². The number of nitrogens with zero attached hydrogens (tertiary/aromatic N) is 2. The second kappa shape index (κ2) is 14.4. The maximum atomic E-state index is 5.54. The van der Waals surface area contributed by atoms with Gasteiger partial charge in [-0.3, -0.25) is 4.57 Å². The maximum Gasteiger partial charge on any atom is 0.145 e. The molecule has 0 radical (unpaired) electrons. The van der Waals surface area contributed by atoms with Gasteiger partial charge in [0.25, 0.3) is 0 Å². The van der Waals surface area contributed by atoms with Crippen LogP contribution in [0.2, 0.25) is 0 Å². The molecular weight excluding hydrogens is 621 g/mol. The van der Waals surface area contributed by atoms with Crippen LogP contribution in [-0.2, 0) is 0 Å². The van der Waals surface area contributed by atoms with Crippen LogP contribution in [0, 0.1) is 0 Å². The zero-order chi connectivity index (χ0) is 34.4. The van der Waals surface area contributed by atoms with Crippen molar-refractivity contribution >= 4 is 11.1 Å². The van der Waals surface area contributed by atoms with Crippen LogP contribution in [0.1, 0.15) is 22.3 Å². The first-order chi connectivity index (χ1) is 25.3. The Labute approximate surface area is 299 Å². The Kier molecular flexibility index (Phi) is 8.92. The summed E-state index contributed by atoms with van der Waals surface area (Å²) in [5.41, 5.74) is 13.1. The van der Waals surface area contributed by atoms with Crippen LogP contribution in [0.4, 0.5) is 0 Å². The molecule has 7 aromatic carbocycles. The van der Waals surface area contributed by atoms with Gasteiger partial charge < -0.3 is 4.74 Å². The molecule has 0 aliphatic heterocycles. The summed E-state index contributed by atoms with van der Waals surface area (Å²) in [7, 11) is 1.70. The molecule has 1 aromatic heterocycles. The number of aromatic nitrogens is 2. The predicted octanol–water partition coefficient (Wildman–Crippen LogP) is 11.9. The second-order valence-electron chi connectivity index (χ2n) is 12.3. The molecule has 0 N–H and O–H groups in total. The van der Waals surface area contributed by atoms with Crippen LogP contribution < -0.4 is 4.74 Å². The molecular formula is C48H36N2O. The van der Waals surface area contributed by atoms with E-state index >= 15 is 0 Å². The van der Waals surface area contributed by atoms with Gasteiger partial charge in [0.15, 0.2) is 0 Å². The first kappa shape index (κ1) is 31.6. The summed E-state index contributed by atoms with van der Waals surface area (Å²) >= 11 is 0. The van der Waals surface area contributed by atoms with Crippen molar-refractivity contribution in [1.82, 2.24) is 9.55 Å². The lowest BCUT2D eigenvalue weighted by molar-refractivity contribution is 0.415. The summed E-state index contributed by atoms with van der Waals surface area (Å²) in [6.07, 6.45) is 0. The van der Waals surface area contributed by atoms with Gasteiger partial charge in [0.2, 0.25) is 0 Å². The van der Waals surface area contributed by atoms with Crippen LogP contribution in [0.5, 0.6) is 5.75 Å². The Morgan fingerprint density at radius 3 is 1.27 bits per heavy atom. The molecule has 0 atom stereocenters. The maximum absolute atomic E-state index is 5.54. The third-order valence-corrected chi connectivity index (χ3v) is 9.17. The molecule has 8 aromatic rings. The van der Waals surface area contributed by atoms with E-state index in [1.54, 1.807) is 7.11 Å². The van der Waals surface area contributed by atoms with Gasteiger partial charge in [0.1, 0.15) is 11.6 Å². The third-order valence-electron chi connectivity index (χ3n) is 9.17. The van der Waals surface area contributed by atoms with Gasteiger partial charge in [-0.25, -0.2) is 4.98 Å². The summed E-state index contributed by atoms with van der Waals surface area (Å²) in [6.45, 7) is 0. The van der Waals surface area contributed by atoms with Crippen molar-refractivity contribution < 1.29 is 4.74 Å². The standard InChI is InChI=1S/C48H36N2O/c1-51-43-33-31-42(32-34-43)50-47(40-25-15-6-16-26-40)46(39-23-13-5-14-24-39)49-48(50)41-29-27-38(28-30-41)45(37-21-11-4-12-22-37)44(35-17-7-2-8-18-35)36-19-9-3-10-20-36/h2-34H,1H3. The topological polar surface area (TPSA) is 27.1 Å². The fourth-order valence-corrected chi connectivity index (χ4v) is 6.77. The van der Waals surface area contributed by atoms with E-state index in [1.165, 1.54) is 22.3 Å². The van der Waals surface area contributed by atoms with Crippen molar-refractivity contribution in [1.29, 1.82) is 0 Å². The minimum atomic E-state index is 0.808. The van der Waals surface area contributed by atoms with E-state index in [4.69, 9.17) is 9.72 Å². The highest BCUT2D eigenvalue weighted by Crippen LogP contribution is 2.41. The summed E-state index contributed by atoms with van der Waals surface area (Å²) in [5.74, 6) is 1.67. The molecule has 0 aliphatic rings. The molecule has 0 unspecified atom stereocenters. The highest BCUT2D eigenvalue weighted by atomic mass is 16.5. The van der Waals surface area contributed by atoms with E-state index in [1.807, 2.05) is 18.2 Å². The Morgan fingerprint density at radius 1 is 0.412 bits per heavy atom. The number of hydrogen-bond donors (Lipinski definition) is 0. The first-order valence-corrected chi connectivity index (χ1v) is 17.2. The first-order valence-electron chi connectivity index (χ1n) is 17.2. The summed E-state index contributed by atoms with van der Waals surface area (Å²) < 4.78 is 7.81. The fraction of sp³-hybridized carbons (Fsp3) is 0.0208. The van der Waals surface area contributed by atoms with E-state index in [9.17, 15) is 0 Å². The lowest BCUT2D eigenvalue weighted by atomic mass is 9.85. The molecule has 3 heteroatoms. The number of methoxy groups -OCH3 is 1. The van der Waals surface area contributed by atoms with Crippen molar-refractivity contribution in [3.63, 3.8) is 0 Å². The van der Waals surface area contributed by atoms with Crippen LogP contribution in [0.3, 0.4) is 0 Å². The van der Waals surface area contributed by atoms with Crippen molar-refractivity contribution in [2.24, 2.45) is 0 Å². The van der Waals surface area contributed by atoms with Gasteiger partial charge in [-0.2, -0.15) is 0 Å². The van der Waals surface area contributed by atoms with E-state index in [2.05, 4.69) is 187 Å². The minimum absolute atomic E-state index is 0.808. The summed E-state index contributed by atoms with van der Waals surface area (Å²) in [5, 5.41) is 0. The molecule has 0 aliphatic carbocycles. The Hall–Kier alpha value is -6.71. The number of benzene rings is 7. The molecule has 0 saturated carbocycles. The highest BCUT2D eigenvalue weighted by molar-refractivity contribution is 6.04. The van der Waals surface area contributed by atoms with E-state index in [-0.39, 0.29) is 0 Å². The molecule has 0 spiro atoms. The van der Waals surface area contributed by atoms with Crippen LogP contribution in [0.15, 0.2) is 200 Å². The van der Waals surface area contributed by atoms with Gasteiger partial charge in [0, 0.05) is 22.4 Å². The lowest BCUT2D eigenvalue weighted by Crippen LogP contribution is -2.01. The second-order valence-corrected chi connectivity index (χ2v) is 12.3. The van der Waals surface area contributed by atoms with E-state index < -0.39 is 0 Å². The molecule has 0 bridgehead atoms. The third kappa shape index (κ3) is 6.41. The van der Waals surface area contributed by atoms with Gasteiger partial charge in [-0.15, -0.1) is 0 Å². The monoisotopic (exact) mass is 656 g/mol. The smallest absolute Gasteiger partial charge is 0.145 e. The van der Waals surface area contributed by atoms with Crippen molar-refractivity contribution in [3.8, 4) is 45.3 Å². The minimum Gasteiger partial charge on any atom is -0.497 e. The SMILES string of the molecule is COc1ccc(-n2c(-c3ccc(C(=C(c4ccccc4)c4ccccc4)c4ccccc4)cc3)nc(-c3ccccc3)c2-c2ccccc2)cc1. The molecule has 0 fully saturated rings. The number of imidazole rings is 1. The van der Waals surface area contributed by atoms with Crippen LogP contribution >= 0.6 is 0 Å². The Bertz CT molecular complexity index is 2340. The number of ether oxygens (including phenoxy) is 1. The molecule has 1 heterocycles. The average Bonchev–Trinajstić information content (AvgIpc) is 3.62. The van der Waals surface area contributed by atoms with E-state index in [0.717, 1.165) is 56.5 Å². The summed E-state index contributed by atoms with van der Waals surface area (Å²) in [6, 6.07) is 70.1. The zero-order valence-corrected chi connectivity index (χ0v) is 28.4. The number of rotatable bonds is 9. The van der Waals surface area contributed by atoms with Crippen molar-refractivity contribution in [2.45, 2.75) is 0 Å². The van der Waals surface area contributed by atoms with Gasteiger partial charge in [-0.1, -0.05) is 176 Å². The molecule has 0 amide bonds. The summed E-state index contributed by atoms with van der Waals surface area (Å²) in [4.78, 5) is 5.43. The quantitative estimate of drug-likeness (QED) is 0.145. The number of hydrogen-bond acceptors (Lipinski definition) is 2. The highest BCUT2D eigenvalue weighted by Gasteiger charge is 2.23. The molecule has 51 heavy (non-hydrogen) atoms. The Morgan fingerprint density at radius 2 is 0.824 bits per heavy atom. The largest absolute Gasteiger partial charge is 0.497 e. The zero-order valence-electron chi connectivity index (χ0n) is 28.4. The van der Waals surface area contributed by atoms with Crippen molar-refractivity contribution in [3.05, 3.63) is 222 Å². The van der Waals surface area contributed by atoms with Gasteiger partial charge in [-0.05, 0) is 57.7 Å². The normalized spacial score (nSPS) is 10.8. The Balaban J connectivity index is 1.36. The van der Waals surface area contributed by atoms with Crippen LogP contribution in [0.25, 0.3) is 50.7 Å². The van der Waals surface area contributed by atoms with Crippen LogP contribution in [-0.4, -0.2) is 16.7 Å².